The van der Waals surface area contributed by atoms with Gasteiger partial charge in [-0.25, -0.2) is 0 Å². The molecule has 0 radical (unpaired) electrons. The minimum atomic E-state index is -4.34. The summed E-state index contributed by atoms with van der Waals surface area (Å²) >= 11 is 0. The molecule has 3 rings (SSSR count). The van der Waals surface area contributed by atoms with Crippen molar-refractivity contribution in [3.63, 3.8) is 0 Å². The third-order valence-electron chi connectivity index (χ3n) is 5.59. The Morgan fingerprint density at radius 1 is 1.10 bits per heavy atom. The number of halogens is 3. The summed E-state index contributed by atoms with van der Waals surface area (Å²) in [4.78, 5) is 15.8. The van der Waals surface area contributed by atoms with E-state index in [0.717, 1.165) is 27.8 Å². The maximum Gasteiger partial charge on any atom is 0.416 e. The van der Waals surface area contributed by atoms with Gasteiger partial charge < -0.3 is 15.1 Å². The van der Waals surface area contributed by atoms with E-state index >= 15 is 0 Å². The molecule has 0 bridgehead atoms. The summed E-state index contributed by atoms with van der Waals surface area (Å²) in [5, 5.41) is 3.00. The predicted molar refractivity (Wildman–Crippen MR) is 108 cm³/mol. The number of rotatable bonds is 4. The fraction of sp³-hybridized carbons (Fsp3) is 0.409. The van der Waals surface area contributed by atoms with Gasteiger partial charge in [0.2, 0.25) is 0 Å². The monoisotopic (exact) mass is 406 g/mol. The normalized spacial score (nSPS) is 16.6. The van der Waals surface area contributed by atoms with Crippen LogP contribution in [-0.4, -0.2) is 38.1 Å². The molecule has 0 saturated carbocycles. The molecule has 2 aromatic carbocycles. The van der Waals surface area contributed by atoms with Crippen molar-refractivity contribution in [2.45, 2.75) is 33.0 Å². The highest BCUT2D eigenvalue weighted by atomic mass is 19.4. The molecular weight excluding hydrogens is 379 g/mol. The molecule has 2 N–H and O–H groups in total. The van der Waals surface area contributed by atoms with Gasteiger partial charge in [-0.05, 0) is 50.6 Å². The van der Waals surface area contributed by atoms with Gasteiger partial charge in [-0.1, -0.05) is 23.8 Å². The molecule has 7 heteroatoms. The third kappa shape index (κ3) is 5.09. The zero-order valence-electron chi connectivity index (χ0n) is 16.9. The van der Waals surface area contributed by atoms with Crippen molar-refractivity contribution < 1.29 is 22.9 Å². The molecule has 1 saturated heterocycles. The first kappa shape index (κ1) is 21.2. The molecule has 0 spiro atoms. The summed E-state index contributed by atoms with van der Waals surface area (Å²) in [5.41, 5.74) is 2.92. The highest BCUT2D eigenvalue weighted by Crippen LogP contribution is 2.31. The largest absolute Gasteiger partial charge is 0.416 e. The van der Waals surface area contributed by atoms with Crippen LogP contribution in [0.15, 0.2) is 42.5 Å². The number of quaternary nitrogens is 1. The molecular formula is C22H27F3N3O+. The average Bonchev–Trinajstić information content (AvgIpc) is 2.69. The molecule has 1 fully saturated rings. The standard InChI is InChI=1S/C22H26F3N3O/c1-15-7-8-20(16(2)13-15)26-21(29)17(3)27-9-11-28(12-10-27)19-6-4-5-18(14-19)22(23,24)25/h4-8,13-14,17H,9-12H2,1-3H3,(H,26,29)/p+1/t17-/m1/s1. The molecule has 2 aromatic rings. The molecule has 0 aromatic heterocycles. The Morgan fingerprint density at radius 3 is 2.41 bits per heavy atom. The molecule has 0 unspecified atom stereocenters. The van der Waals surface area contributed by atoms with E-state index in [0.29, 0.717) is 31.9 Å². The first-order chi connectivity index (χ1) is 13.6. The summed E-state index contributed by atoms with van der Waals surface area (Å²) in [6, 6.07) is 11.1. The number of nitrogens with zero attached hydrogens (tertiary/aromatic N) is 1. The Morgan fingerprint density at radius 2 is 1.79 bits per heavy atom. The van der Waals surface area contributed by atoms with Gasteiger partial charge >= 0.3 is 6.18 Å². The number of hydrogen-bond acceptors (Lipinski definition) is 2. The zero-order valence-corrected chi connectivity index (χ0v) is 16.9. The van der Waals surface area contributed by atoms with E-state index in [9.17, 15) is 18.0 Å². The fourth-order valence-corrected chi connectivity index (χ4v) is 3.74. The first-order valence-corrected chi connectivity index (χ1v) is 9.80. The second-order valence-corrected chi connectivity index (χ2v) is 7.72. The summed E-state index contributed by atoms with van der Waals surface area (Å²) in [7, 11) is 0. The predicted octanol–water partition coefficient (Wildman–Crippen LogP) is 3.05. The van der Waals surface area contributed by atoms with Crippen molar-refractivity contribution in [1.82, 2.24) is 0 Å². The molecule has 156 valence electrons. The number of carbonyl (C=O) groups excluding carboxylic acids is 1. The highest BCUT2D eigenvalue weighted by Gasteiger charge is 2.32. The number of carbonyl (C=O) groups is 1. The van der Waals surface area contributed by atoms with E-state index in [1.54, 1.807) is 6.07 Å². The van der Waals surface area contributed by atoms with E-state index in [-0.39, 0.29) is 11.9 Å². The number of benzene rings is 2. The molecule has 0 aliphatic carbocycles. The number of nitrogens with one attached hydrogen (secondary N) is 2. The maximum absolute atomic E-state index is 13.0. The SMILES string of the molecule is Cc1ccc(NC(=O)[C@@H](C)[NH+]2CCN(c3cccc(C(F)(F)F)c3)CC2)c(C)c1. The van der Waals surface area contributed by atoms with Crippen LogP contribution < -0.4 is 15.1 Å². The van der Waals surface area contributed by atoms with Gasteiger partial charge in [-0.15, -0.1) is 0 Å². The van der Waals surface area contributed by atoms with Crippen molar-refractivity contribution >= 4 is 17.3 Å². The number of piperazine rings is 1. The average molecular weight is 406 g/mol. The second kappa shape index (κ2) is 8.45. The van der Waals surface area contributed by atoms with E-state index in [1.165, 1.54) is 12.1 Å². The highest BCUT2D eigenvalue weighted by molar-refractivity contribution is 5.94. The first-order valence-electron chi connectivity index (χ1n) is 9.80. The van der Waals surface area contributed by atoms with Gasteiger partial charge in [0.15, 0.2) is 6.04 Å². The van der Waals surface area contributed by atoms with Gasteiger partial charge in [0.05, 0.1) is 31.7 Å². The van der Waals surface area contributed by atoms with Gasteiger partial charge in [0.25, 0.3) is 5.91 Å². The lowest BCUT2D eigenvalue weighted by atomic mass is 10.1. The third-order valence-corrected chi connectivity index (χ3v) is 5.59. The number of aryl methyl sites for hydroxylation is 2. The van der Waals surface area contributed by atoms with Crippen molar-refractivity contribution in [3.8, 4) is 0 Å². The molecule has 1 aliphatic rings. The van der Waals surface area contributed by atoms with Crippen LogP contribution in [0.2, 0.25) is 0 Å². The Labute approximate surface area is 169 Å². The van der Waals surface area contributed by atoms with Crippen LogP contribution in [-0.2, 0) is 11.0 Å². The molecule has 1 atom stereocenters. The lowest BCUT2D eigenvalue weighted by Crippen LogP contribution is -3.19. The lowest BCUT2D eigenvalue weighted by molar-refractivity contribution is -0.914. The van der Waals surface area contributed by atoms with Crippen LogP contribution in [0.5, 0.6) is 0 Å². The minimum absolute atomic E-state index is 0.0422. The summed E-state index contributed by atoms with van der Waals surface area (Å²) < 4.78 is 38.9. The Kier molecular flexibility index (Phi) is 6.17. The quantitative estimate of drug-likeness (QED) is 0.819. The van der Waals surface area contributed by atoms with Crippen molar-refractivity contribution in [3.05, 3.63) is 59.2 Å². The second-order valence-electron chi connectivity index (χ2n) is 7.72. The van der Waals surface area contributed by atoms with E-state index in [2.05, 4.69) is 5.32 Å². The van der Waals surface area contributed by atoms with Crippen LogP contribution in [0.1, 0.15) is 23.6 Å². The fourth-order valence-electron chi connectivity index (χ4n) is 3.74. The number of anilines is 2. The Bertz CT molecular complexity index is 874. The van der Waals surface area contributed by atoms with Crippen molar-refractivity contribution in [1.29, 1.82) is 0 Å². The van der Waals surface area contributed by atoms with Crippen LogP contribution in [0.4, 0.5) is 24.5 Å². The summed E-state index contributed by atoms with van der Waals surface area (Å²) in [6.07, 6.45) is -4.34. The number of alkyl halides is 3. The van der Waals surface area contributed by atoms with Crippen LogP contribution in [0, 0.1) is 13.8 Å². The Hall–Kier alpha value is -2.54. The van der Waals surface area contributed by atoms with Crippen LogP contribution in [0.25, 0.3) is 0 Å². The zero-order chi connectivity index (χ0) is 21.2. The molecule has 29 heavy (non-hydrogen) atoms. The van der Waals surface area contributed by atoms with E-state index in [4.69, 9.17) is 0 Å². The van der Waals surface area contributed by atoms with Crippen molar-refractivity contribution in [2.24, 2.45) is 0 Å². The summed E-state index contributed by atoms with van der Waals surface area (Å²) in [5.74, 6) is -0.0422. The summed E-state index contributed by atoms with van der Waals surface area (Å²) in [6.45, 7) is 8.47. The van der Waals surface area contributed by atoms with Crippen molar-refractivity contribution in [2.75, 3.05) is 36.4 Å². The maximum atomic E-state index is 13.0. The van der Waals surface area contributed by atoms with Gasteiger partial charge in [0, 0.05) is 11.4 Å². The van der Waals surface area contributed by atoms with Gasteiger partial charge in [-0.2, -0.15) is 13.2 Å². The molecule has 4 nitrogen and oxygen atoms in total. The van der Waals surface area contributed by atoms with Crippen LogP contribution >= 0.6 is 0 Å². The topological polar surface area (TPSA) is 36.8 Å². The van der Waals surface area contributed by atoms with Gasteiger partial charge in [-0.3, -0.25) is 4.79 Å². The lowest BCUT2D eigenvalue weighted by Gasteiger charge is -2.36. The van der Waals surface area contributed by atoms with Crippen LogP contribution in [0.3, 0.4) is 0 Å². The van der Waals surface area contributed by atoms with Gasteiger partial charge in [0.1, 0.15) is 0 Å². The van der Waals surface area contributed by atoms with E-state index in [1.807, 2.05) is 43.9 Å². The smallest absolute Gasteiger partial charge is 0.360 e. The molecule has 1 heterocycles. The number of amides is 1. The molecule has 1 aliphatic heterocycles. The Balaban J connectivity index is 1.59. The number of hydrogen-bond donors (Lipinski definition) is 2. The minimum Gasteiger partial charge on any atom is -0.360 e. The molecule has 1 amide bonds. The van der Waals surface area contributed by atoms with E-state index < -0.39 is 11.7 Å².